The Morgan fingerprint density at radius 1 is 0.571 bits per heavy atom. The van der Waals surface area contributed by atoms with Crippen LogP contribution in [0.25, 0.3) is 0 Å². The van der Waals surface area contributed by atoms with Crippen molar-refractivity contribution in [3.8, 4) is 0 Å². The molecule has 0 bridgehead atoms. The second-order valence-electron chi connectivity index (χ2n) is 4.23. The molecular weight excluding hydrogens is 348 g/mol. The molecule has 0 rings (SSSR count). The van der Waals surface area contributed by atoms with E-state index >= 15 is 0 Å². The molecule has 4 atom stereocenters. The molecule has 4 unspecified atom stereocenters. The van der Waals surface area contributed by atoms with Crippen LogP contribution >= 0.6 is 47.0 Å². The quantitative estimate of drug-likeness (QED) is 0.386. The van der Waals surface area contributed by atoms with E-state index < -0.39 is 27.2 Å². The molecule has 0 aromatic heterocycles. The van der Waals surface area contributed by atoms with E-state index in [2.05, 4.69) is 0 Å². The average Bonchev–Trinajstić information content (AvgIpc) is 2.40. The number of aliphatic hydroxyl groups excluding tert-OH is 4. The van der Waals surface area contributed by atoms with Crippen molar-refractivity contribution >= 4 is 47.0 Å². The summed E-state index contributed by atoms with van der Waals surface area (Å²) in [5.74, 6) is 2.55. The molecule has 0 aromatic rings. The second-order valence-corrected chi connectivity index (χ2v) is 9.66. The fraction of sp³-hybridized carbons (Fsp3) is 1.00. The van der Waals surface area contributed by atoms with Gasteiger partial charge in [0.2, 0.25) is 0 Å². The lowest BCUT2D eigenvalue weighted by atomic mass is 9.90. The minimum absolute atomic E-state index is 0.638. The Labute approximate surface area is 145 Å². The SMILES string of the molecule is CCSC(O)C(C(O)SCC)(C(O)SCC)C(O)SCC. The molecule has 0 aromatic carbocycles. The lowest BCUT2D eigenvalue weighted by Crippen LogP contribution is -2.57. The van der Waals surface area contributed by atoms with Gasteiger partial charge in [0.05, 0.1) is 0 Å². The summed E-state index contributed by atoms with van der Waals surface area (Å²) in [5.41, 5.74) is -5.55. The van der Waals surface area contributed by atoms with Crippen molar-refractivity contribution < 1.29 is 20.4 Å². The highest BCUT2D eigenvalue weighted by Crippen LogP contribution is 2.49. The minimum atomic E-state index is -1.39. The summed E-state index contributed by atoms with van der Waals surface area (Å²) in [6, 6.07) is 0. The van der Waals surface area contributed by atoms with Crippen LogP contribution in [0.3, 0.4) is 0 Å². The molecule has 0 fully saturated rings. The maximum Gasteiger partial charge on any atom is 0.115 e. The van der Waals surface area contributed by atoms with Gasteiger partial charge in [-0.25, -0.2) is 0 Å². The van der Waals surface area contributed by atoms with Gasteiger partial charge in [0.15, 0.2) is 0 Å². The Bertz CT molecular complexity index is 217. The molecule has 0 aliphatic carbocycles. The Kier molecular flexibility index (Phi) is 12.4. The minimum Gasteiger partial charge on any atom is -0.381 e. The molecule has 0 aliphatic rings. The van der Waals surface area contributed by atoms with Crippen LogP contribution in [-0.2, 0) is 0 Å². The molecular formula is C13H28O4S4. The summed E-state index contributed by atoms with van der Waals surface area (Å²) in [5, 5.41) is 42.4. The normalized spacial score (nSPS) is 20.6. The van der Waals surface area contributed by atoms with Gasteiger partial charge < -0.3 is 20.4 Å². The Balaban J connectivity index is 5.67. The number of aliphatic hydroxyl groups is 4. The van der Waals surface area contributed by atoms with E-state index in [1.54, 1.807) is 0 Å². The molecule has 0 saturated carbocycles. The Hall–Kier alpha value is 1.24. The fourth-order valence-electron chi connectivity index (χ4n) is 1.94. The first kappa shape index (κ1) is 22.2. The summed E-state index contributed by atoms with van der Waals surface area (Å²) in [6.07, 6.45) is 0. The van der Waals surface area contributed by atoms with Crippen LogP contribution in [0.2, 0.25) is 0 Å². The van der Waals surface area contributed by atoms with Gasteiger partial charge in [0.25, 0.3) is 0 Å². The van der Waals surface area contributed by atoms with Crippen LogP contribution in [0.1, 0.15) is 27.7 Å². The molecule has 0 spiro atoms. The van der Waals surface area contributed by atoms with Crippen molar-refractivity contribution in [1.29, 1.82) is 0 Å². The number of thioether (sulfide) groups is 4. The molecule has 4 nitrogen and oxygen atoms in total. The third-order valence-electron chi connectivity index (χ3n) is 3.01. The van der Waals surface area contributed by atoms with Crippen molar-refractivity contribution in [3.63, 3.8) is 0 Å². The van der Waals surface area contributed by atoms with Crippen LogP contribution in [-0.4, -0.2) is 65.2 Å². The monoisotopic (exact) mass is 376 g/mol. The van der Waals surface area contributed by atoms with Crippen molar-refractivity contribution in [2.75, 3.05) is 23.0 Å². The molecule has 0 amide bonds. The second kappa shape index (κ2) is 11.7. The van der Waals surface area contributed by atoms with Gasteiger partial charge in [0.1, 0.15) is 27.2 Å². The molecule has 0 radical (unpaired) electrons. The highest BCUT2D eigenvalue weighted by molar-refractivity contribution is 8.02. The largest absolute Gasteiger partial charge is 0.381 e. The molecule has 0 heterocycles. The topological polar surface area (TPSA) is 80.9 Å². The average molecular weight is 377 g/mol. The zero-order valence-corrected chi connectivity index (χ0v) is 16.3. The molecule has 8 heteroatoms. The van der Waals surface area contributed by atoms with Crippen LogP contribution in [0.5, 0.6) is 0 Å². The maximum atomic E-state index is 10.6. The smallest absolute Gasteiger partial charge is 0.115 e. The zero-order chi connectivity index (χ0) is 16.5. The first-order chi connectivity index (χ1) is 9.93. The summed E-state index contributed by atoms with van der Waals surface area (Å²) in [6.45, 7) is 7.60. The number of rotatable bonds is 12. The Morgan fingerprint density at radius 2 is 0.762 bits per heavy atom. The highest BCUT2D eigenvalue weighted by atomic mass is 32.2. The Morgan fingerprint density at radius 3 is 0.905 bits per heavy atom. The summed E-state index contributed by atoms with van der Waals surface area (Å²) < 4.78 is 0. The van der Waals surface area contributed by atoms with Crippen LogP contribution < -0.4 is 0 Å². The van der Waals surface area contributed by atoms with E-state index in [4.69, 9.17) is 0 Å². The molecule has 21 heavy (non-hydrogen) atoms. The van der Waals surface area contributed by atoms with Gasteiger partial charge in [-0.1, -0.05) is 27.7 Å². The standard InChI is InChI=1S/C13H28O4S4/c1-5-18-9(14)13(10(15)19-6-2,11(16)20-7-3)12(17)21-8-4/h9-12,14-17H,5-8H2,1-4H3. The summed E-state index contributed by atoms with van der Waals surface area (Å²) in [7, 11) is 0. The van der Waals surface area contributed by atoms with Crippen molar-refractivity contribution in [2.45, 2.75) is 49.4 Å². The van der Waals surface area contributed by atoms with E-state index in [1.165, 1.54) is 47.0 Å². The summed E-state index contributed by atoms with van der Waals surface area (Å²) >= 11 is 4.95. The number of hydrogen-bond acceptors (Lipinski definition) is 8. The van der Waals surface area contributed by atoms with Crippen molar-refractivity contribution in [2.24, 2.45) is 5.41 Å². The lowest BCUT2D eigenvalue weighted by molar-refractivity contribution is -0.0872. The van der Waals surface area contributed by atoms with E-state index in [-0.39, 0.29) is 0 Å². The third kappa shape index (κ3) is 5.67. The predicted octanol–water partition coefficient (Wildman–Crippen LogP) is 2.26. The van der Waals surface area contributed by atoms with Crippen LogP contribution in [0.15, 0.2) is 0 Å². The zero-order valence-electron chi connectivity index (χ0n) is 13.1. The molecule has 0 aliphatic heterocycles. The van der Waals surface area contributed by atoms with Gasteiger partial charge in [-0.2, -0.15) is 0 Å². The van der Waals surface area contributed by atoms with Crippen LogP contribution in [0, 0.1) is 5.41 Å². The van der Waals surface area contributed by atoms with Gasteiger partial charge in [-0.15, -0.1) is 47.0 Å². The first-order valence-corrected chi connectivity index (χ1v) is 11.3. The number of hydrogen-bond donors (Lipinski definition) is 4. The van der Waals surface area contributed by atoms with Gasteiger partial charge in [0, 0.05) is 0 Å². The fourth-order valence-corrected chi connectivity index (χ4v) is 6.42. The lowest BCUT2D eigenvalue weighted by Gasteiger charge is -2.46. The summed E-state index contributed by atoms with van der Waals surface area (Å²) in [4.78, 5) is 0. The van der Waals surface area contributed by atoms with Gasteiger partial charge in [-0.3, -0.25) is 0 Å². The highest BCUT2D eigenvalue weighted by Gasteiger charge is 2.56. The van der Waals surface area contributed by atoms with Gasteiger partial charge in [-0.05, 0) is 23.0 Å². The van der Waals surface area contributed by atoms with Crippen molar-refractivity contribution in [1.82, 2.24) is 0 Å². The molecule has 128 valence electrons. The molecule has 4 N–H and O–H groups in total. The van der Waals surface area contributed by atoms with Crippen molar-refractivity contribution in [3.05, 3.63) is 0 Å². The van der Waals surface area contributed by atoms with Gasteiger partial charge >= 0.3 is 0 Å². The molecule has 0 saturated heterocycles. The predicted molar refractivity (Wildman–Crippen MR) is 99.0 cm³/mol. The first-order valence-electron chi connectivity index (χ1n) is 7.11. The third-order valence-corrected chi connectivity index (χ3v) is 7.24. The van der Waals surface area contributed by atoms with E-state index in [1.807, 2.05) is 27.7 Å². The van der Waals surface area contributed by atoms with E-state index in [9.17, 15) is 20.4 Å². The van der Waals surface area contributed by atoms with E-state index in [0.717, 1.165) is 0 Å². The van der Waals surface area contributed by atoms with Crippen LogP contribution in [0.4, 0.5) is 0 Å². The maximum absolute atomic E-state index is 10.6. The van der Waals surface area contributed by atoms with E-state index in [0.29, 0.717) is 23.0 Å².